The molecule has 0 saturated carbocycles. The average Bonchev–Trinajstić information content (AvgIpc) is 3.16. The highest BCUT2D eigenvalue weighted by molar-refractivity contribution is 7.21. The maximum atomic E-state index is 12.7. The third-order valence-electron chi connectivity index (χ3n) is 4.04. The van der Waals surface area contributed by atoms with Gasteiger partial charge in [-0.05, 0) is 18.2 Å². The number of carbonyl (C=O) groups is 1. The molecule has 2 heterocycles. The number of ether oxygens (including phenoxy) is 1. The summed E-state index contributed by atoms with van der Waals surface area (Å²) in [7, 11) is 0. The average molecular weight is 412 g/mol. The molecule has 0 aliphatic rings. The number of halogens is 2. The molecular formula is C20H14F2N4O2S. The molecule has 146 valence electrons. The molecule has 0 aliphatic carbocycles. The summed E-state index contributed by atoms with van der Waals surface area (Å²) in [5.41, 5.74) is 1.70. The standard InChI is InChI=1S/C20H14F2N4O2S/c21-20(22)28-14-7-3-1-5-12(14)11-25-18(27)16-17(24-10-9-23-16)19-26-13-6-2-4-8-15(13)29-19/h1-10,20H,11H2,(H,25,27). The van der Waals surface area contributed by atoms with Crippen LogP contribution in [0.1, 0.15) is 16.1 Å². The molecule has 0 radical (unpaired) electrons. The van der Waals surface area contributed by atoms with Gasteiger partial charge in [-0.1, -0.05) is 30.3 Å². The summed E-state index contributed by atoms with van der Waals surface area (Å²) in [4.78, 5) is 25.7. The molecule has 0 saturated heterocycles. The lowest BCUT2D eigenvalue weighted by Crippen LogP contribution is -2.25. The number of alkyl halides is 2. The van der Waals surface area contributed by atoms with Gasteiger partial charge in [-0.15, -0.1) is 11.3 Å². The number of rotatable bonds is 6. The predicted octanol–water partition coefficient (Wildman–Crippen LogP) is 4.28. The molecule has 4 rings (SSSR count). The summed E-state index contributed by atoms with van der Waals surface area (Å²) in [6.45, 7) is -2.95. The van der Waals surface area contributed by atoms with Crippen LogP contribution >= 0.6 is 11.3 Å². The quantitative estimate of drug-likeness (QED) is 0.511. The molecule has 2 aromatic heterocycles. The molecule has 0 atom stereocenters. The van der Waals surface area contributed by atoms with Crippen LogP contribution in [0.15, 0.2) is 60.9 Å². The Morgan fingerprint density at radius 1 is 1.07 bits per heavy atom. The lowest BCUT2D eigenvalue weighted by atomic mass is 10.2. The van der Waals surface area contributed by atoms with Crippen molar-refractivity contribution in [3.8, 4) is 16.5 Å². The van der Waals surface area contributed by atoms with Crippen molar-refractivity contribution in [3.05, 3.63) is 72.2 Å². The van der Waals surface area contributed by atoms with Gasteiger partial charge in [-0.2, -0.15) is 8.78 Å². The van der Waals surface area contributed by atoms with E-state index in [2.05, 4.69) is 25.0 Å². The molecule has 6 nitrogen and oxygen atoms in total. The van der Waals surface area contributed by atoms with E-state index < -0.39 is 12.5 Å². The minimum Gasteiger partial charge on any atom is -0.434 e. The van der Waals surface area contributed by atoms with E-state index in [1.165, 1.54) is 29.8 Å². The predicted molar refractivity (Wildman–Crippen MR) is 105 cm³/mol. The Kier molecular flexibility index (Phi) is 5.39. The largest absolute Gasteiger partial charge is 0.434 e. The van der Waals surface area contributed by atoms with Crippen LogP contribution in [0.3, 0.4) is 0 Å². The highest BCUT2D eigenvalue weighted by Crippen LogP contribution is 2.30. The Labute approximate surface area is 168 Å². The van der Waals surface area contributed by atoms with E-state index in [0.29, 0.717) is 16.3 Å². The first-order valence-corrected chi connectivity index (χ1v) is 9.41. The van der Waals surface area contributed by atoms with E-state index in [1.807, 2.05) is 24.3 Å². The molecule has 0 spiro atoms. The van der Waals surface area contributed by atoms with Crippen molar-refractivity contribution >= 4 is 27.5 Å². The molecule has 2 aromatic carbocycles. The maximum absolute atomic E-state index is 12.7. The second-order valence-electron chi connectivity index (χ2n) is 5.91. The van der Waals surface area contributed by atoms with Crippen molar-refractivity contribution in [2.45, 2.75) is 13.2 Å². The van der Waals surface area contributed by atoms with Gasteiger partial charge in [-0.3, -0.25) is 4.79 Å². The van der Waals surface area contributed by atoms with Gasteiger partial charge in [0, 0.05) is 24.5 Å². The summed E-state index contributed by atoms with van der Waals surface area (Å²) in [5.74, 6) is -0.479. The minimum atomic E-state index is -2.95. The van der Waals surface area contributed by atoms with Crippen molar-refractivity contribution in [3.63, 3.8) is 0 Å². The number of hydrogen-bond donors (Lipinski definition) is 1. The van der Waals surface area contributed by atoms with Gasteiger partial charge in [0.15, 0.2) is 5.69 Å². The smallest absolute Gasteiger partial charge is 0.387 e. The molecule has 0 fully saturated rings. The Morgan fingerprint density at radius 3 is 2.66 bits per heavy atom. The summed E-state index contributed by atoms with van der Waals surface area (Å²) in [6.07, 6.45) is 2.91. The zero-order valence-electron chi connectivity index (χ0n) is 14.9. The molecule has 0 bridgehead atoms. The van der Waals surface area contributed by atoms with Crippen molar-refractivity contribution in [1.82, 2.24) is 20.3 Å². The number of hydrogen-bond acceptors (Lipinski definition) is 6. The number of para-hydroxylation sites is 2. The molecule has 1 amide bonds. The third-order valence-corrected chi connectivity index (χ3v) is 5.08. The first-order chi connectivity index (χ1) is 14.1. The fourth-order valence-electron chi connectivity index (χ4n) is 2.75. The Morgan fingerprint density at radius 2 is 1.83 bits per heavy atom. The highest BCUT2D eigenvalue weighted by Gasteiger charge is 2.19. The maximum Gasteiger partial charge on any atom is 0.387 e. The van der Waals surface area contributed by atoms with Gasteiger partial charge in [0.25, 0.3) is 5.91 Å². The van der Waals surface area contributed by atoms with Gasteiger partial charge in [0.1, 0.15) is 16.5 Å². The number of benzene rings is 2. The van der Waals surface area contributed by atoms with E-state index in [0.717, 1.165) is 10.2 Å². The van der Waals surface area contributed by atoms with Crippen LogP contribution in [0.25, 0.3) is 20.9 Å². The zero-order chi connectivity index (χ0) is 20.2. The minimum absolute atomic E-state index is 0.00240. The lowest BCUT2D eigenvalue weighted by molar-refractivity contribution is -0.0504. The first kappa shape index (κ1) is 18.9. The van der Waals surface area contributed by atoms with Crippen molar-refractivity contribution in [2.24, 2.45) is 0 Å². The second-order valence-corrected chi connectivity index (χ2v) is 6.94. The van der Waals surface area contributed by atoms with Crippen molar-refractivity contribution in [2.75, 3.05) is 0 Å². The number of carbonyl (C=O) groups excluding carboxylic acids is 1. The number of nitrogens with zero attached hydrogens (tertiary/aromatic N) is 3. The van der Waals surface area contributed by atoms with Crippen LogP contribution < -0.4 is 10.1 Å². The van der Waals surface area contributed by atoms with E-state index in [-0.39, 0.29) is 18.0 Å². The number of fused-ring (bicyclic) bond motifs is 1. The number of thiazole rings is 1. The van der Waals surface area contributed by atoms with Crippen LogP contribution in [-0.2, 0) is 6.54 Å². The normalized spacial score (nSPS) is 11.0. The molecule has 9 heteroatoms. The first-order valence-electron chi connectivity index (χ1n) is 8.59. The Bertz CT molecular complexity index is 1130. The second kappa shape index (κ2) is 8.27. The van der Waals surface area contributed by atoms with E-state index in [9.17, 15) is 13.6 Å². The van der Waals surface area contributed by atoms with Crippen LogP contribution in [0.4, 0.5) is 8.78 Å². The van der Waals surface area contributed by atoms with Crippen LogP contribution in [0.2, 0.25) is 0 Å². The fraction of sp³-hybridized carbons (Fsp3) is 0.100. The topological polar surface area (TPSA) is 77.0 Å². The summed E-state index contributed by atoms with van der Waals surface area (Å²) < 4.78 is 30.6. The SMILES string of the molecule is O=C(NCc1ccccc1OC(F)F)c1nccnc1-c1nc2ccccc2s1. The van der Waals surface area contributed by atoms with Gasteiger partial charge >= 0.3 is 6.61 Å². The molecule has 4 aromatic rings. The van der Waals surface area contributed by atoms with Gasteiger partial charge < -0.3 is 10.1 Å². The van der Waals surface area contributed by atoms with Crippen LogP contribution in [0.5, 0.6) is 5.75 Å². The number of aromatic nitrogens is 3. The van der Waals surface area contributed by atoms with Crippen LogP contribution in [-0.4, -0.2) is 27.5 Å². The van der Waals surface area contributed by atoms with Gasteiger partial charge in [-0.25, -0.2) is 15.0 Å². The Balaban J connectivity index is 1.58. The van der Waals surface area contributed by atoms with E-state index >= 15 is 0 Å². The fourth-order valence-corrected chi connectivity index (χ4v) is 3.72. The monoisotopic (exact) mass is 412 g/mol. The summed E-state index contributed by atoms with van der Waals surface area (Å²) >= 11 is 1.41. The summed E-state index contributed by atoms with van der Waals surface area (Å²) in [6, 6.07) is 13.9. The molecule has 1 N–H and O–H groups in total. The Hall–Kier alpha value is -3.46. The molecular weight excluding hydrogens is 398 g/mol. The van der Waals surface area contributed by atoms with Crippen molar-refractivity contribution < 1.29 is 18.3 Å². The van der Waals surface area contributed by atoms with Crippen LogP contribution in [0, 0.1) is 0 Å². The molecule has 0 aliphatic heterocycles. The van der Waals surface area contributed by atoms with Gasteiger partial charge in [0.05, 0.1) is 10.2 Å². The number of amides is 1. The van der Waals surface area contributed by atoms with E-state index in [4.69, 9.17) is 0 Å². The van der Waals surface area contributed by atoms with E-state index in [1.54, 1.807) is 18.2 Å². The summed E-state index contributed by atoms with van der Waals surface area (Å²) in [5, 5.41) is 3.26. The van der Waals surface area contributed by atoms with Crippen molar-refractivity contribution in [1.29, 1.82) is 0 Å². The lowest BCUT2D eigenvalue weighted by Gasteiger charge is -2.11. The number of nitrogens with one attached hydrogen (secondary N) is 1. The van der Waals surface area contributed by atoms with Gasteiger partial charge in [0.2, 0.25) is 0 Å². The molecule has 29 heavy (non-hydrogen) atoms. The highest BCUT2D eigenvalue weighted by atomic mass is 32.1. The molecule has 0 unspecified atom stereocenters. The zero-order valence-corrected chi connectivity index (χ0v) is 15.7. The third kappa shape index (κ3) is 4.19.